The summed E-state index contributed by atoms with van der Waals surface area (Å²) in [6.07, 6.45) is 0.914. The lowest BCUT2D eigenvalue weighted by atomic mass is 9.77. The number of carboxylic acid groups (broad SMARTS) is 1. The summed E-state index contributed by atoms with van der Waals surface area (Å²) in [7, 11) is 0. The van der Waals surface area contributed by atoms with Gasteiger partial charge in [-0.05, 0) is 66.2 Å². The van der Waals surface area contributed by atoms with Crippen LogP contribution in [0.4, 0.5) is 0 Å². The molecule has 2 rings (SSSR count). The van der Waals surface area contributed by atoms with Gasteiger partial charge in [0.1, 0.15) is 18.0 Å². The van der Waals surface area contributed by atoms with Crippen LogP contribution in [0.25, 0.3) is 0 Å². The molecule has 246 valence electrons. The molecule has 0 fully saturated rings. The van der Waals surface area contributed by atoms with Gasteiger partial charge in [-0.1, -0.05) is 83.1 Å². The molecule has 3 N–H and O–H groups in total. The number of hydrogen-bond acceptors (Lipinski definition) is 6. The van der Waals surface area contributed by atoms with Gasteiger partial charge < -0.3 is 20.3 Å². The van der Waals surface area contributed by atoms with Crippen LogP contribution in [-0.4, -0.2) is 39.3 Å². The van der Waals surface area contributed by atoms with Crippen LogP contribution in [0.5, 0.6) is 11.5 Å². The van der Waals surface area contributed by atoms with Crippen LogP contribution in [0, 0.1) is 0 Å². The summed E-state index contributed by atoms with van der Waals surface area (Å²) >= 11 is 3.58. The normalized spacial score (nSPS) is 13.1. The molecule has 0 bridgehead atoms. The number of aliphatic carboxylic acids is 1. The highest BCUT2D eigenvalue weighted by Gasteiger charge is 2.33. The van der Waals surface area contributed by atoms with Crippen LogP contribution in [-0.2, 0) is 31.2 Å². The summed E-state index contributed by atoms with van der Waals surface area (Å²) < 4.78 is 5.90. The smallest absolute Gasteiger partial charge is 0.322 e. The van der Waals surface area contributed by atoms with E-state index in [1.165, 1.54) is 0 Å². The van der Waals surface area contributed by atoms with E-state index in [2.05, 4.69) is 127 Å². The van der Waals surface area contributed by atoms with Crippen LogP contribution in [0.1, 0.15) is 126 Å². The van der Waals surface area contributed by atoms with E-state index in [0.717, 1.165) is 38.5 Å². The number of nitrogens with one attached hydrogen (secondary N) is 1. The van der Waals surface area contributed by atoms with Gasteiger partial charge in [0.15, 0.2) is 6.61 Å². The summed E-state index contributed by atoms with van der Waals surface area (Å²) in [5.41, 5.74) is 2.99. The largest absolute Gasteiger partial charge is 0.507 e. The Kier molecular flexibility index (Phi) is 11.7. The standard InChI is InChI=1S/C36H55NO5S2/c1-15-35(11,12)25-17-22(16-24(30(25)41)32(2,3)4)43-36(13,14)44-23-18-26(33(5,6)7)31(27(19-23)34(8,9)10)42-21-28(38)37-20-29(39)40/h16-19,41H,15,20-21H2,1-14H3,(H,37,38)(H,39,40). The third kappa shape index (κ3) is 10.1. The summed E-state index contributed by atoms with van der Waals surface area (Å²) in [5.74, 6) is -0.503. The average Bonchev–Trinajstić information content (AvgIpc) is 2.84. The molecule has 44 heavy (non-hydrogen) atoms. The maximum absolute atomic E-state index is 12.4. The number of aromatic hydroxyl groups is 1. The fourth-order valence-electron chi connectivity index (χ4n) is 4.83. The van der Waals surface area contributed by atoms with Crippen LogP contribution in [0.3, 0.4) is 0 Å². The first-order valence-corrected chi connectivity index (χ1v) is 17.0. The van der Waals surface area contributed by atoms with Crippen molar-refractivity contribution in [2.75, 3.05) is 13.2 Å². The highest BCUT2D eigenvalue weighted by atomic mass is 32.2. The lowest BCUT2D eigenvalue weighted by Crippen LogP contribution is -2.34. The van der Waals surface area contributed by atoms with Crippen molar-refractivity contribution in [2.45, 2.75) is 139 Å². The SMILES string of the molecule is CCC(C)(C)c1cc(SC(C)(C)Sc2cc(C(C)(C)C)c(OCC(=O)NCC(=O)O)c(C(C)(C)C)c2)cc(C(C)(C)C)c1O. The van der Waals surface area contributed by atoms with Crippen molar-refractivity contribution in [2.24, 2.45) is 0 Å². The van der Waals surface area contributed by atoms with Crippen LogP contribution in [0.2, 0.25) is 0 Å². The second-order valence-corrected chi connectivity index (χ2v) is 19.4. The summed E-state index contributed by atoms with van der Waals surface area (Å²) in [4.78, 5) is 25.5. The molecule has 0 heterocycles. The molecule has 2 aromatic carbocycles. The molecular formula is C36H55NO5S2. The molecular weight excluding hydrogens is 591 g/mol. The minimum atomic E-state index is -1.10. The first-order valence-electron chi connectivity index (χ1n) is 15.3. The lowest BCUT2D eigenvalue weighted by molar-refractivity contribution is -0.138. The highest BCUT2D eigenvalue weighted by molar-refractivity contribution is 8.18. The van der Waals surface area contributed by atoms with Gasteiger partial charge in [-0.2, -0.15) is 0 Å². The second-order valence-electron chi connectivity index (χ2n) is 15.8. The molecule has 0 unspecified atom stereocenters. The summed E-state index contributed by atoms with van der Waals surface area (Å²) in [6.45, 7) is 29.4. The first-order chi connectivity index (χ1) is 19.8. The Morgan fingerprint density at radius 1 is 0.727 bits per heavy atom. The number of carbonyl (C=O) groups excluding carboxylic acids is 1. The lowest BCUT2D eigenvalue weighted by Gasteiger charge is -2.33. The number of hydrogen-bond donors (Lipinski definition) is 3. The molecule has 0 aromatic heterocycles. The van der Waals surface area contributed by atoms with E-state index in [9.17, 15) is 14.7 Å². The number of phenols is 1. The van der Waals surface area contributed by atoms with Crippen LogP contribution in [0.15, 0.2) is 34.1 Å². The molecule has 0 radical (unpaired) electrons. The van der Waals surface area contributed by atoms with Crippen LogP contribution < -0.4 is 10.1 Å². The van der Waals surface area contributed by atoms with Gasteiger partial charge in [-0.15, -0.1) is 23.5 Å². The number of thioether (sulfide) groups is 2. The summed E-state index contributed by atoms with van der Waals surface area (Å²) in [6, 6.07) is 8.63. The van der Waals surface area contributed by atoms with Gasteiger partial charge in [-0.3, -0.25) is 9.59 Å². The van der Waals surface area contributed by atoms with Gasteiger partial charge in [0.2, 0.25) is 0 Å². The number of benzene rings is 2. The van der Waals surface area contributed by atoms with Gasteiger partial charge in [-0.25, -0.2) is 0 Å². The maximum atomic E-state index is 12.4. The second kappa shape index (κ2) is 13.6. The van der Waals surface area contributed by atoms with Crippen molar-refractivity contribution in [1.82, 2.24) is 5.32 Å². The molecule has 0 saturated carbocycles. The Labute approximate surface area is 274 Å². The zero-order valence-electron chi connectivity index (χ0n) is 29.4. The third-order valence-corrected chi connectivity index (χ3v) is 10.1. The minimum Gasteiger partial charge on any atom is -0.507 e. The Balaban J connectivity index is 2.58. The molecule has 0 saturated heterocycles. The molecule has 0 aliphatic heterocycles. The van der Waals surface area contributed by atoms with Crippen molar-refractivity contribution in [1.29, 1.82) is 0 Å². The fraction of sp³-hybridized carbons (Fsp3) is 0.611. The van der Waals surface area contributed by atoms with Crippen LogP contribution >= 0.6 is 23.5 Å². The molecule has 8 heteroatoms. The van der Waals surface area contributed by atoms with Gasteiger partial charge in [0.25, 0.3) is 5.91 Å². The highest BCUT2D eigenvalue weighted by Crippen LogP contribution is 2.51. The van der Waals surface area contributed by atoms with Crippen molar-refractivity contribution in [3.63, 3.8) is 0 Å². The molecule has 2 aromatic rings. The van der Waals surface area contributed by atoms with Crippen molar-refractivity contribution in [3.8, 4) is 11.5 Å². The number of carbonyl (C=O) groups is 2. The number of amides is 1. The molecule has 0 spiro atoms. The maximum Gasteiger partial charge on any atom is 0.322 e. The van der Waals surface area contributed by atoms with E-state index in [4.69, 9.17) is 9.84 Å². The van der Waals surface area contributed by atoms with E-state index in [0.29, 0.717) is 11.5 Å². The van der Waals surface area contributed by atoms with Crippen molar-refractivity contribution >= 4 is 35.4 Å². The average molecular weight is 646 g/mol. The third-order valence-electron chi connectivity index (χ3n) is 7.69. The first kappa shape index (κ1) is 37.9. The van der Waals surface area contributed by atoms with Crippen molar-refractivity contribution in [3.05, 3.63) is 46.5 Å². The quantitative estimate of drug-likeness (QED) is 0.166. The molecule has 1 amide bonds. The van der Waals surface area contributed by atoms with E-state index in [1.807, 2.05) is 0 Å². The molecule has 0 aliphatic rings. The summed E-state index contributed by atoms with van der Waals surface area (Å²) in [5, 5.41) is 22.6. The molecule has 0 aliphatic carbocycles. The number of ether oxygens (including phenoxy) is 1. The van der Waals surface area contributed by atoms with E-state index < -0.39 is 18.4 Å². The molecule has 0 atom stereocenters. The van der Waals surface area contributed by atoms with Gasteiger partial charge in [0, 0.05) is 32.0 Å². The fourth-order valence-corrected chi connectivity index (χ4v) is 7.41. The topological polar surface area (TPSA) is 95.9 Å². The zero-order valence-corrected chi connectivity index (χ0v) is 31.0. The Hall–Kier alpha value is -2.32. The predicted molar refractivity (Wildman–Crippen MR) is 186 cm³/mol. The van der Waals surface area contributed by atoms with E-state index in [1.54, 1.807) is 23.5 Å². The van der Waals surface area contributed by atoms with E-state index >= 15 is 0 Å². The van der Waals surface area contributed by atoms with E-state index in [-0.39, 0.29) is 32.3 Å². The van der Waals surface area contributed by atoms with Crippen molar-refractivity contribution < 1.29 is 24.5 Å². The zero-order chi connectivity index (χ0) is 34.1. The molecule has 6 nitrogen and oxygen atoms in total. The predicted octanol–water partition coefficient (Wildman–Crippen LogP) is 9.17. The van der Waals surface area contributed by atoms with Gasteiger partial charge in [0.05, 0.1) is 4.08 Å². The Morgan fingerprint density at radius 3 is 1.52 bits per heavy atom. The monoisotopic (exact) mass is 645 g/mol. The number of phenolic OH excluding ortho intramolecular Hbond substituents is 1. The van der Waals surface area contributed by atoms with Gasteiger partial charge >= 0.3 is 5.97 Å². The Morgan fingerprint density at radius 2 is 1.14 bits per heavy atom. The Bertz CT molecular complexity index is 1320. The number of rotatable bonds is 11. The minimum absolute atomic E-state index is 0.165. The number of carboxylic acids is 1.